The lowest BCUT2D eigenvalue weighted by molar-refractivity contribution is -0.873. The van der Waals surface area contributed by atoms with Gasteiger partial charge in [0.25, 0.3) is 5.91 Å². The number of aromatic nitrogens is 1. The zero-order valence-corrected chi connectivity index (χ0v) is 26.9. The molecule has 1 aromatic heterocycles. The maximum Gasteiger partial charge on any atom is 0.310 e. The Hall–Kier alpha value is -3.37. The Bertz CT molecular complexity index is 1370. The molecule has 11 heteroatoms. The van der Waals surface area contributed by atoms with Crippen molar-refractivity contribution in [3.63, 3.8) is 0 Å². The number of nitrogens with zero attached hydrogens (tertiary/aromatic N) is 2. The van der Waals surface area contributed by atoms with Gasteiger partial charge in [-0.25, -0.2) is 0 Å². The number of esters is 2. The van der Waals surface area contributed by atoms with Crippen molar-refractivity contribution in [3.8, 4) is 5.69 Å². The first kappa shape index (κ1) is 34.1. The average molecular weight is 617 g/mol. The van der Waals surface area contributed by atoms with Crippen LogP contribution in [0.15, 0.2) is 18.2 Å². The van der Waals surface area contributed by atoms with E-state index in [0.29, 0.717) is 41.5 Å². The Morgan fingerprint density at radius 3 is 2.37 bits per heavy atom. The van der Waals surface area contributed by atoms with Crippen LogP contribution in [0.1, 0.15) is 89.5 Å². The number of nitrogens with one attached hydrogen (secondary N) is 1. The van der Waals surface area contributed by atoms with E-state index in [1.807, 2.05) is 47.1 Å². The van der Waals surface area contributed by atoms with Crippen LogP contribution in [0.25, 0.3) is 5.69 Å². The van der Waals surface area contributed by atoms with Crippen LogP contribution < -0.4 is 23.5 Å². The van der Waals surface area contributed by atoms with Gasteiger partial charge in [0.05, 0.1) is 33.1 Å². The van der Waals surface area contributed by atoms with Gasteiger partial charge in [0.15, 0.2) is 11.9 Å². The van der Waals surface area contributed by atoms with Crippen molar-refractivity contribution < 1.29 is 45.5 Å². The summed E-state index contributed by atoms with van der Waals surface area (Å²) in [4.78, 5) is 49.2. The van der Waals surface area contributed by atoms with Gasteiger partial charge in [0, 0.05) is 47.7 Å². The van der Waals surface area contributed by atoms with Crippen molar-refractivity contribution in [2.75, 3.05) is 33.0 Å². The standard InChI is InChI=1S/C32H44N4O6.ClH/c1-19-20(2)35(28-8-7-9-29(38)31(19)28)23-12-15-26(32(33)40)27(16-23)34-22-10-13-24(14-11-22)42-30(39)17-25(41-21(3)37)18-36(4,5)6;/h12,15-16,22,24-25H,7-11,13-14,17-18H2,1-6H3,(H2-,33,34,40);1H. The number of likely N-dealkylation sites (N-methyl/N-ethyl adjacent to an activating group) is 1. The molecule has 43 heavy (non-hydrogen) atoms. The van der Waals surface area contributed by atoms with Gasteiger partial charge in [-0.05, 0) is 76.1 Å². The molecule has 1 fully saturated rings. The second-order valence-electron chi connectivity index (χ2n) is 12.8. The van der Waals surface area contributed by atoms with Crippen molar-refractivity contribution in [1.29, 1.82) is 0 Å². The molecule has 0 saturated heterocycles. The number of hydrogen-bond acceptors (Lipinski definition) is 7. The molecule has 3 N–H and O–H groups in total. The van der Waals surface area contributed by atoms with Gasteiger partial charge >= 0.3 is 11.9 Å². The van der Waals surface area contributed by atoms with Crippen LogP contribution in [0.3, 0.4) is 0 Å². The van der Waals surface area contributed by atoms with E-state index >= 15 is 0 Å². The predicted octanol–water partition coefficient (Wildman–Crippen LogP) is 1.01. The van der Waals surface area contributed by atoms with Gasteiger partial charge in [0.1, 0.15) is 12.6 Å². The van der Waals surface area contributed by atoms with Crippen LogP contribution in [0.5, 0.6) is 0 Å². The molecule has 236 valence electrons. The molecule has 10 nitrogen and oxygen atoms in total. The lowest BCUT2D eigenvalue weighted by Gasteiger charge is -2.31. The number of Topliss-reactive ketones (excluding diaryl/α,β-unsaturated/α-hetero) is 1. The number of rotatable bonds is 10. The summed E-state index contributed by atoms with van der Waals surface area (Å²) in [5.74, 6) is -1.10. The number of quaternary nitrogens is 1. The number of anilines is 1. The van der Waals surface area contributed by atoms with E-state index in [1.165, 1.54) is 6.92 Å². The summed E-state index contributed by atoms with van der Waals surface area (Å²) in [7, 11) is 5.93. The lowest BCUT2D eigenvalue weighted by Crippen LogP contribution is -3.00. The number of halogens is 1. The third-order valence-corrected chi connectivity index (χ3v) is 8.24. The molecule has 4 rings (SSSR count). The minimum Gasteiger partial charge on any atom is -1.00 e. The molecule has 0 spiro atoms. The molecule has 1 saturated carbocycles. The zero-order chi connectivity index (χ0) is 30.8. The minimum absolute atomic E-state index is 0. The highest BCUT2D eigenvalue weighted by atomic mass is 35.5. The predicted molar refractivity (Wildman–Crippen MR) is 160 cm³/mol. The van der Waals surface area contributed by atoms with E-state index in [0.717, 1.165) is 53.9 Å². The fourth-order valence-corrected chi connectivity index (χ4v) is 6.34. The summed E-state index contributed by atoms with van der Waals surface area (Å²) >= 11 is 0. The molecule has 2 aliphatic carbocycles. The summed E-state index contributed by atoms with van der Waals surface area (Å²) in [6.45, 7) is 5.87. The molecule has 2 aliphatic rings. The number of carbonyl (C=O) groups is 4. The molecule has 1 aromatic carbocycles. The van der Waals surface area contributed by atoms with E-state index in [-0.39, 0.29) is 42.7 Å². The number of carbonyl (C=O) groups excluding carboxylic acids is 4. The highest BCUT2D eigenvalue weighted by Gasteiger charge is 2.30. The zero-order valence-electron chi connectivity index (χ0n) is 26.1. The summed E-state index contributed by atoms with van der Waals surface area (Å²) in [6.07, 6.45) is 4.35. The largest absolute Gasteiger partial charge is 1.00 e. The number of fused-ring (bicyclic) bond motifs is 1. The molecular formula is C32H45ClN4O6. The van der Waals surface area contributed by atoms with E-state index in [2.05, 4.69) is 9.88 Å². The van der Waals surface area contributed by atoms with Crippen molar-refractivity contribution in [3.05, 3.63) is 46.3 Å². The van der Waals surface area contributed by atoms with Gasteiger partial charge in [0.2, 0.25) is 0 Å². The minimum atomic E-state index is -0.538. The number of benzene rings is 1. The molecule has 1 heterocycles. The number of amides is 1. The first-order valence-electron chi connectivity index (χ1n) is 14.9. The maximum absolute atomic E-state index is 12.7. The highest BCUT2D eigenvalue weighted by Crippen LogP contribution is 2.34. The first-order valence-corrected chi connectivity index (χ1v) is 14.9. The van der Waals surface area contributed by atoms with Crippen molar-refractivity contribution in [1.82, 2.24) is 4.57 Å². The normalized spacial score (nSPS) is 19.1. The summed E-state index contributed by atoms with van der Waals surface area (Å²) in [6, 6.07) is 5.65. The Morgan fingerprint density at radius 1 is 1.09 bits per heavy atom. The maximum atomic E-state index is 12.7. The fourth-order valence-electron chi connectivity index (χ4n) is 6.34. The van der Waals surface area contributed by atoms with Crippen LogP contribution >= 0.6 is 0 Å². The van der Waals surface area contributed by atoms with Gasteiger partial charge in [-0.3, -0.25) is 19.2 Å². The van der Waals surface area contributed by atoms with Gasteiger partial charge < -0.3 is 42.0 Å². The number of ether oxygens (including phenoxy) is 2. The molecular weight excluding hydrogens is 572 g/mol. The number of ketones is 1. The Labute approximate surface area is 260 Å². The van der Waals surface area contributed by atoms with E-state index in [9.17, 15) is 19.2 Å². The topological polar surface area (TPSA) is 130 Å². The third kappa shape index (κ3) is 8.38. The summed E-state index contributed by atoms with van der Waals surface area (Å²) in [5, 5.41) is 3.53. The molecule has 2 aromatic rings. The Balaban J connectivity index is 0.00000506. The van der Waals surface area contributed by atoms with E-state index < -0.39 is 18.0 Å². The molecule has 0 radical (unpaired) electrons. The van der Waals surface area contributed by atoms with Crippen LogP contribution in [0, 0.1) is 13.8 Å². The summed E-state index contributed by atoms with van der Waals surface area (Å²) in [5.41, 5.74) is 11.6. The SMILES string of the molecule is CC(=O)OC(CC(=O)OC1CCC(Nc2cc(-n3c(C)c(C)c4c3CCCC4=O)ccc2C(N)=O)CC1)C[N+](C)(C)C.[Cl-]. The first-order chi connectivity index (χ1) is 19.7. The molecule has 1 unspecified atom stereocenters. The number of nitrogens with two attached hydrogens (primary N) is 1. The fraction of sp³-hybridized carbons (Fsp3) is 0.562. The van der Waals surface area contributed by atoms with Gasteiger partial charge in [-0.1, -0.05) is 0 Å². The molecule has 0 bridgehead atoms. The second-order valence-corrected chi connectivity index (χ2v) is 12.8. The Kier molecular flexibility index (Phi) is 11.1. The monoisotopic (exact) mass is 616 g/mol. The lowest BCUT2D eigenvalue weighted by atomic mass is 9.92. The molecule has 1 amide bonds. The van der Waals surface area contributed by atoms with Crippen LogP contribution in [-0.4, -0.2) is 78.6 Å². The average Bonchev–Trinajstić information content (AvgIpc) is 3.14. The van der Waals surface area contributed by atoms with E-state index in [1.54, 1.807) is 6.07 Å². The van der Waals surface area contributed by atoms with Crippen LogP contribution in [0.2, 0.25) is 0 Å². The quantitative estimate of drug-likeness (QED) is 0.301. The smallest absolute Gasteiger partial charge is 0.310 e. The summed E-state index contributed by atoms with van der Waals surface area (Å²) < 4.78 is 13.8. The van der Waals surface area contributed by atoms with Crippen molar-refractivity contribution in [2.45, 2.75) is 90.4 Å². The van der Waals surface area contributed by atoms with Gasteiger partial charge in [-0.2, -0.15) is 0 Å². The highest BCUT2D eigenvalue weighted by molar-refractivity contribution is 6.01. The number of primary amides is 1. The second kappa shape index (κ2) is 13.9. The van der Waals surface area contributed by atoms with Crippen LogP contribution in [-0.2, 0) is 25.5 Å². The van der Waals surface area contributed by atoms with E-state index in [4.69, 9.17) is 15.2 Å². The molecule has 1 atom stereocenters. The Morgan fingerprint density at radius 2 is 1.77 bits per heavy atom. The van der Waals surface area contributed by atoms with Gasteiger partial charge in [-0.15, -0.1) is 0 Å². The van der Waals surface area contributed by atoms with Crippen molar-refractivity contribution >= 4 is 29.3 Å². The van der Waals surface area contributed by atoms with Crippen molar-refractivity contribution in [2.24, 2.45) is 5.73 Å². The molecule has 0 aliphatic heterocycles. The van der Waals surface area contributed by atoms with Crippen LogP contribution in [0.4, 0.5) is 5.69 Å². The third-order valence-electron chi connectivity index (χ3n) is 8.24. The number of hydrogen-bond donors (Lipinski definition) is 2.